The third-order valence-electron chi connectivity index (χ3n) is 4.16. The predicted molar refractivity (Wildman–Crippen MR) is 114 cm³/mol. The standard InChI is InChI=1S/C22H18N2O6S/c1-29-17-10-12-21(20(13-17)30-2)31(27,28)24-18-6-4-3-5-16(18)9-7-15-8-11-19(22(25)26)23-14-15/h3-6,8,10-14,24H,1-2H3,(H,25,26). The van der Waals surface area contributed by atoms with E-state index in [9.17, 15) is 13.2 Å². The number of carbonyl (C=O) groups is 1. The van der Waals surface area contributed by atoms with E-state index in [1.54, 1.807) is 24.3 Å². The largest absolute Gasteiger partial charge is 0.497 e. The lowest BCUT2D eigenvalue weighted by Gasteiger charge is -2.13. The monoisotopic (exact) mass is 438 g/mol. The summed E-state index contributed by atoms with van der Waals surface area (Å²) in [6.45, 7) is 0. The molecule has 0 aliphatic carbocycles. The second kappa shape index (κ2) is 9.19. The van der Waals surface area contributed by atoms with E-state index in [1.807, 2.05) is 0 Å². The average Bonchev–Trinajstić information content (AvgIpc) is 2.78. The molecule has 3 aromatic rings. The zero-order valence-electron chi connectivity index (χ0n) is 16.6. The molecule has 3 rings (SSSR count). The molecule has 0 amide bonds. The van der Waals surface area contributed by atoms with Gasteiger partial charge in [-0.25, -0.2) is 18.2 Å². The minimum absolute atomic E-state index is 0.0491. The molecule has 2 aromatic carbocycles. The van der Waals surface area contributed by atoms with E-state index in [2.05, 4.69) is 21.5 Å². The number of carboxylic acids is 1. The van der Waals surface area contributed by atoms with Gasteiger partial charge in [0.2, 0.25) is 0 Å². The number of rotatable bonds is 6. The van der Waals surface area contributed by atoms with Gasteiger partial charge in [0.1, 0.15) is 22.1 Å². The number of ether oxygens (including phenoxy) is 2. The van der Waals surface area contributed by atoms with Gasteiger partial charge in [-0.15, -0.1) is 0 Å². The van der Waals surface area contributed by atoms with Gasteiger partial charge in [0, 0.05) is 23.4 Å². The maximum absolute atomic E-state index is 13.0. The second-order valence-electron chi connectivity index (χ2n) is 6.16. The van der Waals surface area contributed by atoms with Crippen LogP contribution in [-0.4, -0.2) is 38.7 Å². The molecule has 0 aliphatic heterocycles. The summed E-state index contributed by atoms with van der Waals surface area (Å²) in [7, 11) is -1.13. The number of para-hydroxylation sites is 1. The van der Waals surface area contributed by atoms with Gasteiger partial charge in [0.25, 0.3) is 10.0 Å². The Labute approximate surface area is 179 Å². The number of nitrogens with zero attached hydrogens (tertiary/aromatic N) is 1. The molecule has 0 atom stereocenters. The number of benzene rings is 2. The quantitative estimate of drug-likeness (QED) is 0.569. The Hall–Kier alpha value is -4.03. The van der Waals surface area contributed by atoms with Crippen LogP contribution in [0.4, 0.5) is 5.69 Å². The summed E-state index contributed by atoms with van der Waals surface area (Å²) in [5.41, 5.74) is 1.11. The van der Waals surface area contributed by atoms with Crippen molar-refractivity contribution in [3.63, 3.8) is 0 Å². The Bertz CT molecular complexity index is 1280. The summed E-state index contributed by atoms with van der Waals surface area (Å²) in [4.78, 5) is 14.6. The number of sulfonamides is 1. The van der Waals surface area contributed by atoms with Gasteiger partial charge in [0.05, 0.1) is 19.9 Å². The van der Waals surface area contributed by atoms with Crippen LogP contribution in [0.25, 0.3) is 0 Å². The first-order valence-electron chi connectivity index (χ1n) is 8.89. The molecular weight excluding hydrogens is 420 g/mol. The van der Waals surface area contributed by atoms with E-state index in [1.165, 1.54) is 50.7 Å². The van der Waals surface area contributed by atoms with Crippen LogP contribution in [-0.2, 0) is 10.0 Å². The number of aromatic nitrogens is 1. The highest BCUT2D eigenvalue weighted by Crippen LogP contribution is 2.30. The molecule has 0 saturated heterocycles. The van der Waals surface area contributed by atoms with Crippen molar-refractivity contribution in [2.24, 2.45) is 0 Å². The van der Waals surface area contributed by atoms with Crippen molar-refractivity contribution >= 4 is 21.7 Å². The fourth-order valence-electron chi connectivity index (χ4n) is 2.61. The fourth-order valence-corrected chi connectivity index (χ4v) is 3.84. The summed E-state index contributed by atoms with van der Waals surface area (Å²) < 4.78 is 38.8. The normalized spacial score (nSPS) is 10.5. The van der Waals surface area contributed by atoms with Crippen molar-refractivity contribution in [2.45, 2.75) is 4.90 Å². The highest BCUT2D eigenvalue weighted by Gasteiger charge is 2.21. The lowest BCUT2D eigenvalue weighted by molar-refractivity contribution is 0.0690. The summed E-state index contributed by atoms with van der Waals surface area (Å²) >= 11 is 0. The van der Waals surface area contributed by atoms with Gasteiger partial charge in [-0.05, 0) is 36.4 Å². The van der Waals surface area contributed by atoms with Crippen molar-refractivity contribution in [2.75, 3.05) is 18.9 Å². The molecular formula is C22H18N2O6S. The lowest BCUT2D eigenvalue weighted by Crippen LogP contribution is -2.15. The Morgan fingerprint density at radius 3 is 2.45 bits per heavy atom. The molecule has 9 heteroatoms. The van der Waals surface area contributed by atoms with Crippen molar-refractivity contribution in [3.05, 3.63) is 77.6 Å². The van der Waals surface area contributed by atoms with E-state index in [0.717, 1.165) is 0 Å². The van der Waals surface area contributed by atoms with Crippen LogP contribution in [0, 0.1) is 11.8 Å². The van der Waals surface area contributed by atoms with Gasteiger partial charge < -0.3 is 14.6 Å². The smallest absolute Gasteiger partial charge is 0.354 e. The molecule has 2 N–H and O–H groups in total. The van der Waals surface area contributed by atoms with E-state index < -0.39 is 16.0 Å². The number of pyridine rings is 1. The van der Waals surface area contributed by atoms with Gasteiger partial charge in [-0.1, -0.05) is 24.0 Å². The molecule has 0 spiro atoms. The number of carboxylic acid groups (broad SMARTS) is 1. The number of hydrogen-bond donors (Lipinski definition) is 2. The predicted octanol–water partition coefficient (Wildman–Crippen LogP) is 3.00. The Balaban J connectivity index is 1.92. The molecule has 0 saturated carbocycles. The molecule has 0 radical (unpaired) electrons. The number of hydrogen-bond acceptors (Lipinski definition) is 6. The molecule has 158 valence electrons. The Morgan fingerprint density at radius 1 is 1.03 bits per heavy atom. The third kappa shape index (κ3) is 5.12. The first-order chi connectivity index (χ1) is 14.8. The van der Waals surface area contributed by atoms with Gasteiger partial charge in [-0.2, -0.15) is 0 Å². The Kier molecular flexibility index (Phi) is 6.43. The van der Waals surface area contributed by atoms with E-state index in [0.29, 0.717) is 16.9 Å². The number of anilines is 1. The molecule has 1 heterocycles. The first kappa shape index (κ1) is 21.7. The van der Waals surface area contributed by atoms with Gasteiger partial charge in [-0.3, -0.25) is 4.72 Å². The first-order valence-corrected chi connectivity index (χ1v) is 10.4. The topological polar surface area (TPSA) is 115 Å². The number of methoxy groups -OCH3 is 2. The SMILES string of the molecule is COc1ccc(S(=O)(=O)Nc2ccccc2C#Cc2ccc(C(=O)O)nc2)c(OC)c1. The van der Waals surface area contributed by atoms with Crippen LogP contribution in [0.3, 0.4) is 0 Å². The molecule has 0 unspecified atom stereocenters. The third-order valence-corrected chi connectivity index (χ3v) is 5.56. The van der Waals surface area contributed by atoms with Crippen molar-refractivity contribution in [1.29, 1.82) is 0 Å². The van der Waals surface area contributed by atoms with Crippen molar-refractivity contribution in [1.82, 2.24) is 4.98 Å². The van der Waals surface area contributed by atoms with Crippen LogP contribution in [0.1, 0.15) is 21.6 Å². The highest BCUT2D eigenvalue weighted by molar-refractivity contribution is 7.92. The zero-order valence-corrected chi connectivity index (χ0v) is 17.4. The minimum atomic E-state index is -3.98. The second-order valence-corrected chi connectivity index (χ2v) is 7.81. The summed E-state index contributed by atoms with van der Waals surface area (Å²) in [6.07, 6.45) is 1.34. The van der Waals surface area contributed by atoms with E-state index in [4.69, 9.17) is 14.6 Å². The van der Waals surface area contributed by atoms with Crippen LogP contribution >= 0.6 is 0 Å². The van der Waals surface area contributed by atoms with Crippen LogP contribution < -0.4 is 14.2 Å². The van der Waals surface area contributed by atoms with Crippen LogP contribution in [0.15, 0.2) is 65.7 Å². The Morgan fingerprint density at radius 2 is 1.81 bits per heavy atom. The summed E-state index contributed by atoms with van der Waals surface area (Å²) in [5.74, 6) is 5.20. The number of aromatic carboxylic acids is 1. The molecule has 8 nitrogen and oxygen atoms in total. The number of nitrogens with one attached hydrogen (secondary N) is 1. The summed E-state index contributed by atoms with van der Waals surface area (Å²) in [6, 6.07) is 13.9. The van der Waals surface area contributed by atoms with Crippen molar-refractivity contribution < 1.29 is 27.8 Å². The van der Waals surface area contributed by atoms with E-state index >= 15 is 0 Å². The van der Waals surface area contributed by atoms with Gasteiger partial charge >= 0.3 is 5.97 Å². The highest BCUT2D eigenvalue weighted by atomic mass is 32.2. The summed E-state index contributed by atoms with van der Waals surface area (Å²) in [5, 5.41) is 8.91. The lowest BCUT2D eigenvalue weighted by atomic mass is 10.1. The van der Waals surface area contributed by atoms with Crippen LogP contribution in [0.5, 0.6) is 11.5 Å². The molecule has 0 fully saturated rings. The zero-order chi connectivity index (χ0) is 22.4. The molecule has 31 heavy (non-hydrogen) atoms. The maximum Gasteiger partial charge on any atom is 0.354 e. The molecule has 1 aromatic heterocycles. The average molecular weight is 438 g/mol. The van der Waals surface area contributed by atoms with Crippen molar-refractivity contribution in [3.8, 4) is 23.3 Å². The van der Waals surface area contributed by atoms with Gasteiger partial charge in [0.15, 0.2) is 0 Å². The van der Waals surface area contributed by atoms with E-state index in [-0.39, 0.29) is 22.0 Å². The van der Waals surface area contributed by atoms with Crippen LogP contribution in [0.2, 0.25) is 0 Å². The fraction of sp³-hybridized carbons (Fsp3) is 0.0909. The molecule has 0 aliphatic rings. The minimum Gasteiger partial charge on any atom is -0.497 e. The maximum atomic E-state index is 13.0. The molecule has 0 bridgehead atoms.